The average molecular weight is 352 g/mol. The lowest BCUT2D eigenvalue weighted by molar-refractivity contribution is -0.121. The van der Waals surface area contributed by atoms with Crippen molar-refractivity contribution in [2.75, 3.05) is 18.4 Å². The molecule has 9 nitrogen and oxygen atoms in total. The molecule has 134 valence electrons. The lowest BCUT2D eigenvalue weighted by Gasteiger charge is -2.10. The zero-order valence-corrected chi connectivity index (χ0v) is 14.3. The summed E-state index contributed by atoms with van der Waals surface area (Å²) in [6.07, 6.45) is 7.55. The summed E-state index contributed by atoms with van der Waals surface area (Å²) in [6.45, 7) is 0.974. The molecule has 2 N–H and O–H groups in total. The topological polar surface area (TPSA) is 109 Å². The minimum absolute atomic E-state index is 0.0353. The molecule has 2 aromatic rings. The summed E-state index contributed by atoms with van der Waals surface area (Å²) >= 11 is 0. The van der Waals surface area contributed by atoms with E-state index in [-0.39, 0.29) is 5.91 Å². The summed E-state index contributed by atoms with van der Waals surface area (Å²) in [5.41, 5.74) is 0.443. The van der Waals surface area contributed by atoms with Gasteiger partial charge in [0.2, 0.25) is 11.9 Å². The van der Waals surface area contributed by atoms with E-state index in [4.69, 9.17) is 6.42 Å². The highest BCUT2D eigenvalue weighted by atomic mass is 16.1. The lowest BCUT2D eigenvalue weighted by atomic mass is 10.0. The van der Waals surface area contributed by atoms with E-state index in [0.717, 1.165) is 5.69 Å². The van der Waals surface area contributed by atoms with Gasteiger partial charge in [-0.05, 0) is 22.6 Å². The van der Waals surface area contributed by atoms with Gasteiger partial charge in [-0.3, -0.25) is 4.79 Å². The number of carbonyl (C=O) groups is 1. The van der Waals surface area contributed by atoms with Gasteiger partial charge in [-0.1, -0.05) is 23.3 Å². The minimum Gasteiger partial charge on any atom is -0.354 e. The van der Waals surface area contributed by atoms with Gasteiger partial charge in [-0.25, -0.2) is 0 Å². The van der Waals surface area contributed by atoms with Gasteiger partial charge >= 0.3 is 0 Å². The number of amides is 1. The molecule has 0 radical (unpaired) electrons. The van der Waals surface area contributed by atoms with Crippen molar-refractivity contribution in [1.82, 2.24) is 25.5 Å². The van der Waals surface area contributed by atoms with Crippen LogP contribution in [0.1, 0.15) is 25.7 Å². The number of carbonyl (C=O) groups excluding carboxylic acids is 1. The van der Waals surface area contributed by atoms with Crippen LogP contribution in [0.15, 0.2) is 40.6 Å². The van der Waals surface area contributed by atoms with E-state index in [1.807, 2.05) is 30.3 Å². The van der Waals surface area contributed by atoms with E-state index in [2.05, 4.69) is 42.3 Å². The van der Waals surface area contributed by atoms with Crippen LogP contribution in [-0.4, -0.2) is 44.9 Å². The Morgan fingerprint density at radius 2 is 2.00 bits per heavy atom. The quantitative estimate of drug-likeness (QED) is 0.498. The van der Waals surface area contributed by atoms with Crippen molar-refractivity contribution in [2.24, 2.45) is 10.2 Å². The van der Waals surface area contributed by atoms with Crippen LogP contribution in [0.25, 0.3) is 5.69 Å². The molecule has 0 atom stereocenters. The van der Waals surface area contributed by atoms with Gasteiger partial charge in [0.15, 0.2) is 5.66 Å². The largest absolute Gasteiger partial charge is 0.354 e. The summed E-state index contributed by atoms with van der Waals surface area (Å²) < 4.78 is 1.60. The molecule has 2 heterocycles. The first-order chi connectivity index (χ1) is 12.7. The predicted molar refractivity (Wildman–Crippen MR) is 95.5 cm³/mol. The van der Waals surface area contributed by atoms with E-state index < -0.39 is 5.66 Å². The zero-order chi connectivity index (χ0) is 18.2. The fourth-order valence-corrected chi connectivity index (χ4v) is 2.49. The second kappa shape index (κ2) is 8.20. The van der Waals surface area contributed by atoms with Gasteiger partial charge in [0.05, 0.1) is 5.69 Å². The number of aromatic nitrogens is 4. The summed E-state index contributed by atoms with van der Waals surface area (Å²) in [7, 11) is 0. The van der Waals surface area contributed by atoms with Crippen LogP contribution in [0, 0.1) is 12.3 Å². The van der Waals surface area contributed by atoms with Crippen molar-refractivity contribution in [3.05, 3.63) is 30.3 Å². The van der Waals surface area contributed by atoms with Crippen LogP contribution in [0.2, 0.25) is 0 Å². The molecule has 0 unspecified atom stereocenters. The third-order valence-corrected chi connectivity index (χ3v) is 4.01. The smallest absolute Gasteiger partial charge is 0.247 e. The summed E-state index contributed by atoms with van der Waals surface area (Å²) in [6, 6.07) is 9.57. The first kappa shape index (κ1) is 17.5. The molecule has 1 aromatic heterocycles. The van der Waals surface area contributed by atoms with E-state index in [0.29, 0.717) is 44.7 Å². The molecule has 3 rings (SSSR count). The number of tetrazole rings is 1. The van der Waals surface area contributed by atoms with E-state index in [1.54, 1.807) is 4.68 Å². The number of para-hydroxylation sites is 1. The average Bonchev–Trinajstić information content (AvgIpc) is 3.29. The Morgan fingerprint density at radius 3 is 2.73 bits per heavy atom. The Balaban J connectivity index is 1.37. The summed E-state index contributed by atoms with van der Waals surface area (Å²) in [5, 5.41) is 25.6. The van der Waals surface area contributed by atoms with Gasteiger partial charge in [0.1, 0.15) is 0 Å². The van der Waals surface area contributed by atoms with Crippen molar-refractivity contribution in [1.29, 1.82) is 0 Å². The maximum absolute atomic E-state index is 11.9. The third-order valence-electron chi connectivity index (χ3n) is 4.01. The number of benzene rings is 1. The van der Waals surface area contributed by atoms with Gasteiger partial charge in [-0.15, -0.1) is 12.3 Å². The standard InChI is InChI=1S/C17H20N8O/c1-2-3-10-17(21-22-17)11-9-15(26)18-12-13-19-16-20-23-24-25(16)14-7-5-4-6-8-14/h1,4-8H,3,9-13H2,(H,18,26)(H,19,20,24). The molecule has 0 saturated carbocycles. The first-order valence-electron chi connectivity index (χ1n) is 8.44. The van der Waals surface area contributed by atoms with Crippen molar-refractivity contribution in [2.45, 2.75) is 31.3 Å². The molecule has 1 aromatic carbocycles. The highest BCUT2D eigenvalue weighted by Gasteiger charge is 2.39. The van der Waals surface area contributed by atoms with Crippen molar-refractivity contribution < 1.29 is 4.79 Å². The fourth-order valence-electron chi connectivity index (χ4n) is 2.49. The fraction of sp³-hybridized carbons (Fsp3) is 0.412. The number of terminal acetylenes is 1. The number of nitrogens with zero attached hydrogens (tertiary/aromatic N) is 6. The number of rotatable bonds is 10. The number of hydrogen-bond donors (Lipinski definition) is 2. The monoisotopic (exact) mass is 352 g/mol. The van der Waals surface area contributed by atoms with Crippen LogP contribution >= 0.6 is 0 Å². The van der Waals surface area contributed by atoms with Crippen LogP contribution in [0.5, 0.6) is 0 Å². The number of nitrogens with one attached hydrogen (secondary N) is 2. The highest BCUT2D eigenvalue weighted by Crippen LogP contribution is 2.37. The molecule has 0 bridgehead atoms. The SMILES string of the molecule is C#CCCC1(CCC(=O)NCCNc2nnnn2-c2ccccc2)N=N1. The van der Waals surface area contributed by atoms with E-state index >= 15 is 0 Å². The Morgan fingerprint density at radius 1 is 1.19 bits per heavy atom. The van der Waals surface area contributed by atoms with Crippen molar-refractivity contribution in [3.63, 3.8) is 0 Å². The Kier molecular flexibility index (Phi) is 5.53. The van der Waals surface area contributed by atoms with Crippen LogP contribution in [0.4, 0.5) is 5.95 Å². The molecule has 1 aliphatic heterocycles. The van der Waals surface area contributed by atoms with Gasteiger partial charge < -0.3 is 10.6 Å². The molecule has 0 aliphatic carbocycles. The van der Waals surface area contributed by atoms with Gasteiger partial charge in [-0.2, -0.15) is 14.9 Å². The molecule has 9 heteroatoms. The maximum atomic E-state index is 11.9. The molecule has 0 fully saturated rings. The Labute approximate surface area is 151 Å². The first-order valence-corrected chi connectivity index (χ1v) is 8.44. The molecule has 1 aliphatic rings. The predicted octanol–water partition coefficient (Wildman–Crippen LogP) is 1.55. The highest BCUT2D eigenvalue weighted by molar-refractivity contribution is 5.76. The summed E-state index contributed by atoms with van der Waals surface area (Å²) in [4.78, 5) is 11.9. The summed E-state index contributed by atoms with van der Waals surface area (Å²) in [5.74, 6) is 3.06. The second-order valence-electron chi connectivity index (χ2n) is 5.91. The van der Waals surface area contributed by atoms with Crippen LogP contribution < -0.4 is 10.6 Å². The molecule has 26 heavy (non-hydrogen) atoms. The van der Waals surface area contributed by atoms with E-state index in [1.165, 1.54) is 0 Å². The van der Waals surface area contributed by atoms with Crippen LogP contribution in [0.3, 0.4) is 0 Å². The molecule has 1 amide bonds. The van der Waals surface area contributed by atoms with Gasteiger partial charge in [0.25, 0.3) is 0 Å². The number of hydrogen-bond acceptors (Lipinski definition) is 7. The molecule has 0 spiro atoms. The third kappa shape index (κ3) is 4.63. The Bertz CT molecular complexity index is 802. The molecular formula is C17H20N8O. The Hall–Kier alpha value is -3.28. The van der Waals surface area contributed by atoms with Crippen molar-refractivity contribution >= 4 is 11.9 Å². The minimum atomic E-state index is -0.417. The normalized spacial score (nSPS) is 13.8. The second-order valence-corrected chi connectivity index (χ2v) is 5.91. The lowest BCUT2D eigenvalue weighted by Crippen LogP contribution is -2.30. The molecular weight excluding hydrogens is 332 g/mol. The van der Waals surface area contributed by atoms with Crippen molar-refractivity contribution in [3.8, 4) is 18.0 Å². The zero-order valence-electron chi connectivity index (χ0n) is 14.3. The van der Waals surface area contributed by atoms with Crippen LogP contribution in [-0.2, 0) is 4.79 Å². The number of anilines is 1. The van der Waals surface area contributed by atoms with Gasteiger partial charge in [0, 0.05) is 38.8 Å². The molecule has 0 saturated heterocycles. The maximum Gasteiger partial charge on any atom is 0.247 e. The van der Waals surface area contributed by atoms with E-state index in [9.17, 15) is 4.79 Å².